The summed E-state index contributed by atoms with van der Waals surface area (Å²) in [6.45, 7) is 0. The van der Waals surface area contributed by atoms with Gasteiger partial charge in [-0.15, -0.1) is 0 Å². The number of nitrogens with zero attached hydrogens (tertiary/aromatic N) is 1. The van der Waals surface area contributed by atoms with Crippen molar-refractivity contribution in [3.05, 3.63) is 102 Å². The second-order valence-electron chi connectivity index (χ2n) is 7.37. The van der Waals surface area contributed by atoms with Gasteiger partial charge in [0.05, 0.1) is 18.9 Å². The quantitative estimate of drug-likeness (QED) is 0.146. The first kappa shape index (κ1) is 23.2. The fraction of sp³-hybridized carbons (Fsp3) is 0.0370. The van der Waals surface area contributed by atoms with Gasteiger partial charge in [-0.05, 0) is 65.5 Å². The van der Waals surface area contributed by atoms with E-state index >= 15 is 0 Å². The van der Waals surface area contributed by atoms with Gasteiger partial charge in [-0.1, -0.05) is 36.4 Å². The number of hydrogen-bond acceptors (Lipinski definition) is 6. The maximum atomic E-state index is 12.2. The zero-order valence-electron chi connectivity index (χ0n) is 18.7. The van der Waals surface area contributed by atoms with E-state index in [9.17, 15) is 14.4 Å². The van der Waals surface area contributed by atoms with Gasteiger partial charge in [-0.25, -0.2) is 10.2 Å². The highest BCUT2D eigenvalue weighted by atomic mass is 16.5. The highest BCUT2D eigenvalue weighted by molar-refractivity contribution is 6.40. The van der Waals surface area contributed by atoms with Gasteiger partial charge in [0, 0.05) is 11.1 Å². The average molecular weight is 467 g/mol. The Labute approximate surface area is 201 Å². The number of carbonyl (C=O) groups is 3. The number of rotatable bonds is 6. The van der Waals surface area contributed by atoms with E-state index in [1.54, 1.807) is 67.8 Å². The minimum atomic E-state index is -0.903. The number of hydrazone groups is 1. The monoisotopic (exact) mass is 467 g/mol. The molecule has 0 atom stereocenters. The van der Waals surface area contributed by atoms with Crippen molar-refractivity contribution in [3.63, 3.8) is 0 Å². The number of ether oxygens (including phenoxy) is 2. The van der Waals surface area contributed by atoms with Crippen molar-refractivity contribution in [2.75, 3.05) is 12.4 Å². The van der Waals surface area contributed by atoms with Crippen LogP contribution in [0, 0.1) is 0 Å². The molecule has 0 aliphatic carbocycles. The van der Waals surface area contributed by atoms with Crippen molar-refractivity contribution in [1.29, 1.82) is 0 Å². The topological polar surface area (TPSA) is 106 Å². The SMILES string of the molecule is COc1ccc(C(=O)Oc2ccc(C=NNC(=O)C(=O)Nc3cccc4ccccc34)cc2)cc1. The summed E-state index contributed by atoms with van der Waals surface area (Å²) in [5, 5.41) is 8.19. The number of methoxy groups -OCH3 is 1. The van der Waals surface area contributed by atoms with Crippen LogP contribution in [0.2, 0.25) is 0 Å². The van der Waals surface area contributed by atoms with E-state index in [1.807, 2.05) is 30.3 Å². The zero-order chi connectivity index (χ0) is 24.6. The van der Waals surface area contributed by atoms with Gasteiger partial charge in [0.25, 0.3) is 0 Å². The summed E-state index contributed by atoms with van der Waals surface area (Å²) in [4.78, 5) is 36.6. The molecule has 4 aromatic rings. The van der Waals surface area contributed by atoms with Crippen molar-refractivity contribution in [2.24, 2.45) is 5.10 Å². The van der Waals surface area contributed by atoms with Crippen LogP contribution in [0.15, 0.2) is 96.1 Å². The minimum Gasteiger partial charge on any atom is -0.497 e. The van der Waals surface area contributed by atoms with E-state index in [0.717, 1.165) is 10.8 Å². The van der Waals surface area contributed by atoms with E-state index in [1.165, 1.54) is 6.21 Å². The van der Waals surface area contributed by atoms with E-state index in [4.69, 9.17) is 9.47 Å². The molecule has 8 nitrogen and oxygen atoms in total. The van der Waals surface area contributed by atoms with Crippen LogP contribution >= 0.6 is 0 Å². The molecule has 0 saturated heterocycles. The van der Waals surface area contributed by atoms with Gasteiger partial charge < -0.3 is 14.8 Å². The molecule has 4 rings (SSSR count). The molecule has 0 aliphatic heterocycles. The molecule has 2 N–H and O–H groups in total. The molecule has 0 aromatic heterocycles. The maximum Gasteiger partial charge on any atom is 0.343 e. The van der Waals surface area contributed by atoms with Crippen LogP contribution in [-0.4, -0.2) is 31.1 Å². The van der Waals surface area contributed by atoms with Gasteiger partial charge >= 0.3 is 17.8 Å². The molecule has 0 unspecified atom stereocenters. The van der Waals surface area contributed by atoms with Crippen LogP contribution in [0.5, 0.6) is 11.5 Å². The molecular weight excluding hydrogens is 446 g/mol. The zero-order valence-corrected chi connectivity index (χ0v) is 18.7. The second-order valence-corrected chi connectivity index (χ2v) is 7.37. The summed E-state index contributed by atoms with van der Waals surface area (Å²) in [6, 6.07) is 26.0. The van der Waals surface area contributed by atoms with Gasteiger partial charge in [0.15, 0.2) is 0 Å². The number of hydrogen-bond donors (Lipinski definition) is 2. The number of benzene rings is 4. The molecule has 0 radical (unpaired) electrons. The fourth-order valence-corrected chi connectivity index (χ4v) is 3.24. The summed E-state index contributed by atoms with van der Waals surface area (Å²) < 4.78 is 10.4. The Bertz CT molecular complexity index is 1390. The Morgan fingerprint density at radius 3 is 2.20 bits per heavy atom. The molecule has 35 heavy (non-hydrogen) atoms. The van der Waals surface area contributed by atoms with Crippen LogP contribution < -0.4 is 20.2 Å². The van der Waals surface area contributed by atoms with Crippen molar-refractivity contribution in [2.45, 2.75) is 0 Å². The standard InChI is InChI=1S/C27H21N3O5/c1-34-21-15-11-20(12-16-21)27(33)35-22-13-9-18(10-14-22)17-28-30-26(32)25(31)29-24-8-4-6-19-5-2-3-7-23(19)24/h2-17H,1H3,(H,29,31)(H,30,32). The van der Waals surface area contributed by atoms with Crippen LogP contribution in [0.1, 0.15) is 15.9 Å². The Kier molecular flexibility index (Phi) is 7.13. The number of anilines is 1. The van der Waals surface area contributed by atoms with Crippen LogP contribution in [0.4, 0.5) is 5.69 Å². The first-order valence-electron chi connectivity index (χ1n) is 10.6. The third-order valence-corrected chi connectivity index (χ3v) is 5.04. The maximum absolute atomic E-state index is 12.2. The predicted molar refractivity (Wildman–Crippen MR) is 133 cm³/mol. The van der Waals surface area contributed by atoms with Gasteiger partial charge in [0.2, 0.25) is 0 Å². The molecule has 0 bridgehead atoms. The molecule has 0 aliphatic rings. The molecule has 8 heteroatoms. The lowest BCUT2D eigenvalue weighted by atomic mass is 10.1. The summed E-state index contributed by atoms with van der Waals surface area (Å²) in [7, 11) is 1.55. The Morgan fingerprint density at radius 1 is 0.771 bits per heavy atom. The smallest absolute Gasteiger partial charge is 0.343 e. The van der Waals surface area contributed by atoms with E-state index in [0.29, 0.717) is 28.3 Å². The highest BCUT2D eigenvalue weighted by Crippen LogP contribution is 2.22. The molecule has 0 spiro atoms. The van der Waals surface area contributed by atoms with Crippen LogP contribution in [-0.2, 0) is 9.59 Å². The minimum absolute atomic E-state index is 0.349. The average Bonchev–Trinajstić information content (AvgIpc) is 2.90. The molecule has 2 amide bonds. The molecule has 4 aromatic carbocycles. The molecule has 0 saturated carbocycles. The molecular formula is C27H21N3O5. The van der Waals surface area contributed by atoms with Gasteiger partial charge in [-0.2, -0.15) is 5.10 Å². The van der Waals surface area contributed by atoms with Crippen LogP contribution in [0.25, 0.3) is 10.8 Å². The van der Waals surface area contributed by atoms with Gasteiger partial charge in [0.1, 0.15) is 11.5 Å². The number of esters is 1. The van der Waals surface area contributed by atoms with Crippen molar-refractivity contribution >= 4 is 40.5 Å². The molecule has 0 heterocycles. The summed E-state index contributed by atoms with van der Waals surface area (Å²) in [5.41, 5.74) is 3.75. The fourth-order valence-electron chi connectivity index (χ4n) is 3.24. The Balaban J connectivity index is 1.30. The normalized spacial score (nSPS) is 10.7. The van der Waals surface area contributed by atoms with E-state index in [2.05, 4.69) is 15.8 Å². The lowest BCUT2D eigenvalue weighted by Gasteiger charge is -2.07. The van der Waals surface area contributed by atoms with Crippen molar-refractivity contribution in [3.8, 4) is 11.5 Å². The second kappa shape index (κ2) is 10.8. The Morgan fingerprint density at radius 2 is 1.46 bits per heavy atom. The Hall–Kier alpha value is -4.98. The van der Waals surface area contributed by atoms with Crippen molar-refractivity contribution < 1.29 is 23.9 Å². The highest BCUT2D eigenvalue weighted by Gasteiger charge is 2.14. The summed E-state index contributed by atoms with van der Waals surface area (Å²) in [5.74, 6) is -1.25. The van der Waals surface area contributed by atoms with E-state index < -0.39 is 17.8 Å². The lowest BCUT2D eigenvalue weighted by Crippen LogP contribution is -2.32. The third-order valence-electron chi connectivity index (χ3n) is 5.04. The van der Waals surface area contributed by atoms with Crippen molar-refractivity contribution in [1.82, 2.24) is 5.43 Å². The number of nitrogens with one attached hydrogen (secondary N) is 2. The number of carbonyl (C=O) groups excluding carboxylic acids is 3. The lowest BCUT2D eigenvalue weighted by molar-refractivity contribution is -0.136. The predicted octanol–water partition coefficient (Wildman–Crippen LogP) is 4.16. The number of fused-ring (bicyclic) bond motifs is 1. The first-order valence-corrected chi connectivity index (χ1v) is 10.6. The third kappa shape index (κ3) is 5.88. The summed E-state index contributed by atoms with van der Waals surface area (Å²) in [6.07, 6.45) is 1.37. The first-order chi connectivity index (χ1) is 17.0. The molecule has 0 fully saturated rings. The van der Waals surface area contributed by atoms with E-state index in [-0.39, 0.29) is 0 Å². The van der Waals surface area contributed by atoms with Gasteiger partial charge in [-0.3, -0.25) is 9.59 Å². The largest absolute Gasteiger partial charge is 0.497 e. The number of amides is 2. The van der Waals surface area contributed by atoms with Crippen LogP contribution in [0.3, 0.4) is 0 Å². The molecule has 174 valence electrons. The summed E-state index contributed by atoms with van der Waals surface area (Å²) >= 11 is 0.